The Labute approximate surface area is 136 Å². The zero-order chi connectivity index (χ0) is 15.6. The number of halogens is 6. The first-order chi connectivity index (χ1) is 9.78. The summed E-state index contributed by atoms with van der Waals surface area (Å²) >= 11 is 18.0. The van der Waals surface area contributed by atoms with Crippen LogP contribution in [0.2, 0.25) is 15.1 Å². The van der Waals surface area contributed by atoms with Crippen LogP contribution in [0.4, 0.5) is 13.2 Å². The Hall–Kier alpha value is -0.200. The van der Waals surface area contributed by atoms with Crippen molar-refractivity contribution in [2.24, 2.45) is 0 Å². The van der Waals surface area contributed by atoms with Gasteiger partial charge in [0, 0.05) is 37.2 Å². The summed E-state index contributed by atoms with van der Waals surface area (Å²) in [6.45, 7) is 2.31. The lowest BCUT2D eigenvalue weighted by atomic mass is 10.0. The summed E-state index contributed by atoms with van der Waals surface area (Å²) in [5.41, 5.74) is 0.327. The molecule has 0 saturated carbocycles. The molecule has 1 aliphatic rings. The van der Waals surface area contributed by atoms with E-state index in [9.17, 15) is 13.2 Å². The van der Waals surface area contributed by atoms with Crippen LogP contribution < -0.4 is 5.32 Å². The lowest BCUT2D eigenvalue weighted by molar-refractivity contribution is -0.148. The molecule has 1 heterocycles. The average molecular weight is 362 g/mol. The van der Waals surface area contributed by atoms with E-state index < -0.39 is 18.6 Å². The zero-order valence-corrected chi connectivity index (χ0v) is 13.3. The third-order valence-corrected chi connectivity index (χ3v) is 4.43. The van der Waals surface area contributed by atoms with E-state index in [0.29, 0.717) is 31.7 Å². The molecule has 8 heteroatoms. The number of rotatable bonds is 3. The summed E-state index contributed by atoms with van der Waals surface area (Å²) in [7, 11) is 0. The Morgan fingerprint density at radius 2 is 1.76 bits per heavy atom. The van der Waals surface area contributed by atoms with Gasteiger partial charge in [0.05, 0.1) is 16.5 Å². The van der Waals surface area contributed by atoms with Crippen LogP contribution in [0.25, 0.3) is 0 Å². The fourth-order valence-corrected chi connectivity index (χ4v) is 3.21. The first-order valence-corrected chi connectivity index (χ1v) is 7.57. The Balaban J connectivity index is 2.38. The molecular formula is C13H14Cl3F3N2. The molecule has 2 rings (SSSR count). The number of hydrogen-bond acceptors (Lipinski definition) is 2. The van der Waals surface area contributed by atoms with E-state index in [1.54, 1.807) is 4.90 Å². The molecule has 1 aromatic rings. The third-order valence-electron chi connectivity index (χ3n) is 3.40. The van der Waals surface area contributed by atoms with Gasteiger partial charge in [-0.25, -0.2) is 0 Å². The molecule has 21 heavy (non-hydrogen) atoms. The number of nitrogens with zero attached hydrogens (tertiary/aromatic N) is 1. The Kier molecular flexibility index (Phi) is 5.65. The fraction of sp³-hybridized carbons (Fsp3) is 0.538. The lowest BCUT2D eigenvalue weighted by Gasteiger charge is -2.36. The van der Waals surface area contributed by atoms with Crippen molar-refractivity contribution in [3.05, 3.63) is 32.8 Å². The molecule has 0 amide bonds. The zero-order valence-electron chi connectivity index (χ0n) is 11.0. The molecule has 1 atom stereocenters. The topological polar surface area (TPSA) is 15.3 Å². The number of nitrogens with one attached hydrogen (secondary N) is 1. The van der Waals surface area contributed by atoms with Gasteiger partial charge < -0.3 is 5.32 Å². The van der Waals surface area contributed by atoms with Crippen LogP contribution in [0.1, 0.15) is 18.0 Å². The van der Waals surface area contributed by atoms with Crippen molar-refractivity contribution in [3.63, 3.8) is 0 Å². The van der Waals surface area contributed by atoms with Crippen LogP contribution in [0.3, 0.4) is 0 Å². The second-order valence-corrected chi connectivity index (χ2v) is 6.13. The van der Waals surface area contributed by atoms with Gasteiger partial charge in [0.1, 0.15) is 0 Å². The van der Waals surface area contributed by atoms with E-state index >= 15 is 0 Å². The largest absolute Gasteiger partial charge is 0.390 e. The number of piperazine rings is 1. The highest BCUT2D eigenvalue weighted by atomic mass is 35.5. The van der Waals surface area contributed by atoms with Crippen LogP contribution in [-0.2, 0) is 0 Å². The van der Waals surface area contributed by atoms with Gasteiger partial charge in [-0.1, -0.05) is 34.8 Å². The fourth-order valence-electron chi connectivity index (χ4n) is 2.47. The second kappa shape index (κ2) is 6.92. The van der Waals surface area contributed by atoms with Crippen molar-refractivity contribution < 1.29 is 13.2 Å². The van der Waals surface area contributed by atoms with E-state index in [2.05, 4.69) is 5.32 Å². The van der Waals surface area contributed by atoms with Gasteiger partial charge in [-0.3, -0.25) is 4.90 Å². The van der Waals surface area contributed by atoms with Crippen molar-refractivity contribution in [3.8, 4) is 0 Å². The van der Waals surface area contributed by atoms with Gasteiger partial charge in [-0.15, -0.1) is 0 Å². The highest BCUT2D eigenvalue weighted by Gasteiger charge is 2.37. The smallest absolute Gasteiger partial charge is 0.314 e. The first kappa shape index (κ1) is 17.2. The normalized spacial score (nSPS) is 18.8. The Bertz CT molecular complexity index is 502. The molecule has 1 aliphatic heterocycles. The van der Waals surface area contributed by atoms with Crippen LogP contribution in [0.5, 0.6) is 0 Å². The highest BCUT2D eigenvalue weighted by molar-refractivity contribution is 6.43. The number of benzene rings is 1. The van der Waals surface area contributed by atoms with E-state index in [0.717, 1.165) is 0 Å². The van der Waals surface area contributed by atoms with Gasteiger partial charge in [-0.05, 0) is 17.7 Å². The Morgan fingerprint density at radius 3 is 2.33 bits per heavy atom. The van der Waals surface area contributed by atoms with E-state index in [1.807, 2.05) is 0 Å². The molecule has 1 fully saturated rings. The maximum absolute atomic E-state index is 12.9. The van der Waals surface area contributed by atoms with Crippen LogP contribution in [0.15, 0.2) is 12.1 Å². The van der Waals surface area contributed by atoms with Crippen LogP contribution in [-0.4, -0.2) is 37.3 Å². The van der Waals surface area contributed by atoms with Crippen molar-refractivity contribution in [1.29, 1.82) is 0 Å². The van der Waals surface area contributed by atoms with Crippen LogP contribution in [0, 0.1) is 0 Å². The monoisotopic (exact) mass is 360 g/mol. The van der Waals surface area contributed by atoms with E-state index in [1.165, 1.54) is 12.1 Å². The minimum absolute atomic E-state index is 0.133. The molecule has 0 aromatic heterocycles. The van der Waals surface area contributed by atoms with Gasteiger partial charge in [0.15, 0.2) is 0 Å². The number of alkyl halides is 3. The van der Waals surface area contributed by atoms with Crippen LogP contribution >= 0.6 is 34.8 Å². The maximum atomic E-state index is 12.9. The van der Waals surface area contributed by atoms with Crippen molar-refractivity contribution >= 4 is 34.8 Å². The molecule has 0 unspecified atom stereocenters. The highest BCUT2D eigenvalue weighted by Crippen LogP contribution is 2.40. The van der Waals surface area contributed by atoms with Gasteiger partial charge in [0.2, 0.25) is 0 Å². The third kappa shape index (κ3) is 4.63. The van der Waals surface area contributed by atoms with Gasteiger partial charge >= 0.3 is 6.18 Å². The summed E-state index contributed by atoms with van der Waals surface area (Å²) in [5.74, 6) is 0. The molecule has 2 nitrogen and oxygen atoms in total. The standard InChI is InChI=1S/C13H14Cl3F3N2/c14-8-5-9(12(16)10(15)6-8)11(7-13(17,18)19)21-3-1-20-2-4-21/h5-6,11,20H,1-4,7H2/t11-/m0/s1. The van der Waals surface area contributed by atoms with Crippen molar-refractivity contribution in [2.75, 3.05) is 26.2 Å². The second-order valence-electron chi connectivity index (χ2n) is 4.91. The molecule has 1 aromatic carbocycles. The minimum Gasteiger partial charge on any atom is -0.314 e. The summed E-state index contributed by atoms with van der Waals surface area (Å²) < 4.78 is 38.8. The quantitative estimate of drug-likeness (QED) is 0.795. The molecule has 118 valence electrons. The van der Waals surface area contributed by atoms with E-state index in [-0.39, 0.29) is 15.1 Å². The van der Waals surface area contributed by atoms with Crippen molar-refractivity contribution in [1.82, 2.24) is 10.2 Å². The Morgan fingerprint density at radius 1 is 1.14 bits per heavy atom. The predicted molar refractivity (Wildman–Crippen MR) is 79.3 cm³/mol. The first-order valence-electron chi connectivity index (χ1n) is 6.44. The molecular weight excluding hydrogens is 348 g/mol. The SMILES string of the molecule is FC(F)(F)C[C@@H](c1cc(Cl)cc(Cl)c1Cl)N1CCNCC1. The summed E-state index contributed by atoms with van der Waals surface area (Å²) in [4.78, 5) is 1.76. The summed E-state index contributed by atoms with van der Waals surface area (Å²) in [5, 5.41) is 3.69. The minimum atomic E-state index is -4.30. The van der Waals surface area contributed by atoms with Crippen molar-refractivity contribution in [2.45, 2.75) is 18.6 Å². The summed E-state index contributed by atoms with van der Waals surface area (Å²) in [6.07, 6.45) is -5.28. The molecule has 1 N–H and O–H groups in total. The molecule has 0 spiro atoms. The maximum Gasteiger partial charge on any atom is 0.390 e. The van der Waals surface area contributed by atoms with Gasteiger partial charge in [-0.2, -0.15) is 13.2 Å². The average Bonchev–Trinajstić information content (AvgIpc) is 2.40. The molecule has 1 saturated heterocycles. The molecule has 0 aliphatic carbocycles. The molecule has 0 radical (unpaired) electrons. The van der Waals surface area contributed by atoms with Gasteiger partial charge in [0.25, 0.3) is 0 Å². The lowest BCUT2D eigenvalue weighted by Crippen LogP contribution is -2.46. The van der Waals surface area contributed by atoms with E-state index in [4.69, 9.17) is 34.8 Å². The predicted octanol–water partition coefficient (Wildman–Crippen LogP) is 4.55. The number of hydrogen-bond donors (Lipinski definition) is 1. The summed E-state index contributed by atoms with van der Waals surface area (Å²) in [6, 6.07) is 2.02. The molecule has 0 bridgehead atoms.